The number of alkyl halides is 3. The van der Waals surface area contributed by atoms with Crippen LogP contribution in [0, 0.1) is 6.92 Å². The molecule has 8 heteroatoms. The molecule has 2 aromatic rings. The number of hydrogen-bond donors (Lipinski definition) is 1. The molecule has 1 aromatic heterocycles. The molecular weight excluding hydrogens is 403 g/mol. The van der Waals surface area contributed by atoms with Gasteiger partial charge in [-0.1, -0.05) is 24.2 Å². The van der Waals surface area contributed by atoms with Crippen LogP contribution in [0.1, 0.15) is 21.6 Å². The zero-order valence-corrected chi connectivity index (χ0v) is 16.0. The van der Waals surface area contributed by atoms with Crippen LogP contribution < -0.4 is 5.43 Å². The van der Waals surface area contributed by atoms with Crippen LogP contribution in [0.15, 0.2) is 71.6 Å². The minimum Gasteiger partial charge on any atom is -0.287 e. The van der Waals surface area contributed by atoms with E-state index in [1.165, 1.54) is 30.8 Å². The number of carbonyl (C=O) groups excluding carboxylic acids is 1. The van der Waals surface area contributed by atoms with Crippen molar-refractivity contribution < 1.29 is 18.0 Å². The number of aryl methyl sites for hydroxylation is 1. The summed E-state index contributed by atoms with van der Waals surface area (Å²) in [7, 11) is 0. The largest absolute Gasteiger partial charge is 0.417 e. The van der Waals surface area contributed by atoms with Gasteiger partial charge in [0, 0.05) is 29.7 Å². The van der Waals surface area contributed by atoms with Gasteiger partial charge in [-0.3, -0.25) is 15.2 Å². The van der Waals surface area contributed by atoms with E-state index in [1.54, 1.807) is 19.1 Å². The summed E-state index contributed by atoms with van der Waals surface area (Å²) in [6.07, 6.45) is 2.79. The lowest BCUT2D eigenvalue weighted by atomic mass is 9.93. The van der Waals surface area contributed by atoms with Crippen molar-refractivity contribution in [3.05, 3.63) is 88.4 Å². The highest BCUT2D eigenvalue weighted by Gasteiger charge is 2.34. The van der Waals surface area contributed by atoms with Crippen LogP contribution in [-0.2, 0) is 6.18 Å². The summed E-state index contributed by atoms with van der Waals surface area (Å²) in [5.74, 6) is -0.480. The highest BCUT2D eigenvalue weighted by atomic mass is 35.5. The molecule has 3 rings (SSSR count). The minimum absolute atomic E-state index is 0.00813. The maximum atomic E-state index is 13.3. The fourth-order valence-electron chi connectivity index (χ4n) is 2.76. The third-order valence-electron chi connectivity index (χ3n) is 4.16. The van der Waals surface area contributed by atoms with Crippen molar-refractivity contribution in [1.82, 2.24) is 10.4 Å². The molecule has 0 spiro atoms. The van der Waals surface area contributed by atoms with Crippen molar-refractivity contribution in [3.63, 3.8) is 0 Å². The van der Waals surface area contributed by atoms with Gasteiger partial charge in [0.25, 0.3) is 0 Å². The molecule has 0 fully saturated rings. The van der Waals surface area contributed by atoms with E-state index >= 15 is 0 Å². The van der Waals surface area contributed by atoms with Gasteiger partial charge in [0.2, 0.25) is 5.78 Å². The lowest BCUT2D eigenvalue weighted by Gasteiger charge is -2.14. The molecule has 1 aliphatic rings. The number of nitrogens with one attached hydrogen (secondary N) is 1. The first kappa shape index (κ1) is 20.5. The molecule has 29 heavy (non-hydrogen) atoms. The third-order valence-corrected chi connectivity index (χ3v) is 4.49. The quantitative estimate of drug-likeness (QED) is 0.671. The smallest absolute Gasteiger partial charge is 0.287 e. The van der Waals surface area contributed by atoms with Gasteiger partial charge in [-0.05, 0) is 54.0 Å². The summed E-state index contributed by atoms with van der Waals surface area (Å²) in [4.78, 5) is 17.4. The van der Waals surface area contributed by atoms with Gasteiger partial charge < -0.3 is 0 Å². The van der Waals surface area contributed by atoms with Gasteiger partial charge in [-0.2, -0.15) is 18.3 Å². The van der Waals surface area contributed by atoms with E-state index in [2.05, 4.69) is 22.1 Å². The Morgan fingerprint density at radius 1 is 1.24 bits per heavy atom. The van der Waals surface area contributed by atoms with Crippen molar-refractivity contribution in [2.24, 2.45) is 5.10 Å². The molecule has 4 nitrogen and oxygen atoms in total. The molecular formula is C21H15ClF3N3O. The van der Waals surface area contributed by atoms with Gasteiger partial charge in [0.05, 0.1) is 10.6 Å². The Labute approximate surface area is 170 Å². The van der Waals surface area contributed by atoms with Crippen molar-refractivity contribution in [2.75, 3.05) is 0 Å². The van der Waals surface area contributed by atoms with Gasteiger partial charge in [-0.25, -0.2) is 0 Å². The summed E-state index contributed by atoms with van der Waals surface area (Å²) in [5.41, 5.74) is 3.44. The van der Waals surface area contributed by atoms with E-state index in [9.17, 15) is 18.0 Å². The summed E-state index contributed by atoms with van der Waals surface area (Å²) < 4.78 is 39.9. The van der Waals surface area contributed by atoms with Crippen LogP contribution in [0.25, 0.3) is 11.1 Å². The van der Waals surface area contributed by atoms with Gasteiger partial charge in [-0.15, -0.1) is 0 Å². The van der Waals surface area contributed by atoms with Crippen LogP contribution >= 0.6 is 11.6 Å². The lowest BCUT2D eigenvalue weighted by Crippen LogP contribution is -2.12. The number of aromatic nitrogens is 1. The zero-order valence-electron chi connectivity index (χ0n) is 15.2. The second kappa shape index (κ2) is 8.05. The van der Waals surface area contributed by atoms with E-state index in [0.29, 0.717) is 11.1 Å². The van der Waals surface area contributed by atoms with Crippen LogP contribution in [0.5, 0.6) is 0 Å². The molecule has 1 N–H and O–H groups in total. The van der Waals surface area contributed by atoms with Crippen molar-refractivity contribution in [3.8, 4) is 11.1 Å². The summed E-state index contributed by atoms with van der Waals surface area (Å²) in [5, 5.41) is 3.43. The van der Waals surface area contributed by atoms with Gasteiger partial charge in [0.1, 0.15) is 5.69 Å². The number of hydrogen-bond acceptors (Lipinski definition) is 4. The first-order chi connectivity index (χ1) is 13.7. The van der Waals surface area contributed by atoms with E-state index in [4.69, 9.17) is 11.6 Å². The second-order valence-electron chi connectivity index (χ2n) is 6.28. The molecule has 0 saturated heterocycles. The number of rotatable bonds is 3. The zero-order chi connectivity index (χ0) is 21.2. The topological polar surface area (TPSA) is 54.4 Å². The number of carbonyl (C=O) groups is 1. The van der Waals surface area contributed by atoms with Crippen LogP contribution in [0.2, 0.25) is 5.02 Å². The maximum Gasteiger partial charge on any atom is 0.417 e. The Morgan fingerprint density at radius 3 is 2.72 bits per heavy atom. The molecule has 0 saturated carbocycles. The number of benzene rings is 1. The molecule has 1 aromatic carbocycles. The van der Waals surface area contributed by atoms with Gasteiger partial charge in [0.15, 0.2) is 0 Å². The lowest BCUT2D eigenvalue weighted by molar-refractivity contribution is -0.137. The maximum absolute atomic E-state index is 13.3. The van der Waals surface area contributed by atoms with Crippen molar-refractivity contribution >= 4 is 23.6 Å². The Kier molecular flexibility index (Phi) is 5.70. The number of ketones is 1. The fourth-order valence-corrected chi connectivity index (χ4v) is 2.99. The predicted octanol–water partition coefficient (Wildman–Crippen LogP) is 5.50. The monoisotopic (exact) mass is 417 g/mol. The molecule has 148 valence electrons. The highest BCUT2D eigenvalue weighted by Crippen LogP contribution is 2.38. The van der Waals surface area contributed by atoms with Gasteiger partial charge >= 0.3 is 6.18 Å². The number of hydrazone groups is 1. The Balaban J connectivity index is 2.16. The molecule has 0 unspecified atom stereocenters. The molecule has 0 aliphatic carbocycles. The van der Waals surface area contributed by atoms with E-state index in [0.717, 1.165) is 12.1 Å². The average Bonchev–Trinajstić information content (AvgIpc) is 2.64. The highest BCUT2D eigenvalue weighted by molar-refractivity contribution is 6.31. The Morgan fingerprint density at radius 2 is 2.00 bits per heavy atom. The SMILES string of the molecule is C=C1/C=C\N/N=C\C=C1C(=O)c1ncc(C)cc1-c1ccc(Cl)c(C(F)(F)F)c1. The van der Waals surface area contributed by atoms with Crippen LogP contribution in [0.4, 0.5) is 13.2 Å². The van der Waals surface area contributed by atoms with E-state index in [-0.39, 0.29) is 22.4 Å². The number of nitrogens with zero attached hydrogens (tertiary/aromatic N) is 2. The van der Waals surface area contributed by atoms with E-state index in [1.807, 2.05) is 0 Å². The normalized spacial score (nSPS) is 16.3. The summed E-state index contributed by atoms with van der Waals surface area (Å²) in [6.45, 7) is 5.59. The molecule has 0 bridgehead atoms. The minimum atomic E-state index is -4.63. The average molecular weight is 418 g/mol. The third kappa shape index (κ3) is 4.46. The Bertz CT molecular complexity index is 1090. The number of Topliss-reactive ketones (excluding diaryl/α,β-unsaturated/α-hetero) is 1. The fraction of sp³-hybridized carbons (Fsp3) is 0.0952. The van der Waals surface area contributed by atoms with Crippen LogP contribution in [0.3, 0.4) is 0 Å². The van der Waals surface area contributed by atoms with Crippen molar-refractivity contribution in [1.29, 1.82) is 0 Å². The van der Waals surface area contributed by atoms with Crippen molar-refractivity contribution in [2.45, 2.75) is 13.1 Å². The standard InChI is InChI=1S/C21H15ClF3N3O/c1-12-9-16(14-3-4-18(22)17(10-14)21(23,24)25)19(26-11-12)20(29)15-6-8-28-27-7-5-13(15)2/h3-11,27H,2H2,1H3/b7-5-,15-6?,28-8-. The molecule has 1 aliphatic heterocycles. The summed E-state index contributed by atoms with van der Waals surface area (Å²) >= 11 is 5.73. The number of allylic oxidation sites excluding steroid dienone is 4. The molecule has 0 radical (unpaired) electrons. The summed E-state index contributed by atoms with van der Waals surface area (Å²) in [6, 6.07) is 5.12. The van der Waals surface area contributed by atoms with E-state index < -0.39 is 22.5 Å². The first-order valence-corrected chi connectivity index (χ1v) is 8.79. The second-order valence-corrected chi connectivity index (χ2v) is 6.68. The predicted molar refractivity (Wildman–Crippen MR) is 107 cm³/mol. The molecule has 2 heterocycles. The molecule has 0 amide bonds. The van der Waals surface area contributed by atoms with Crippen LogP contribution in [-0.4, -0.2) is 17.0 Å². The number of halogens is 4. The number of pyridine rings is 1. The Hall–Kier alpha value is -3.19. The molecule has 0 atom stereocenters. The first-order valence-electron chi connectivity index (χ1n) is 8.41.